The Morgan fingerprint density at radius 1 is 0.700 bits per heavy atom. The van der Waals surface area contributed by atoms with Crippen LogP contribution in [0.4, 0.5) is 0 Å². The van der Waals surface area contributed by atoms with Gasteiger partial charge in [-0.15, -0.1) is 0 Å². The number of aryl methyl sites for hydroxylation is 2. The minimum absolute atomic E-state index is 0.935. The first-order chi connectivity index (χ1) is 9.67. The van der Waals surface area contributed by atoms with Crippen LogP contribution in [0, 0.1) is 13.8 Å². The molecule has 100 valence electrons. The lowest BCUT2D eigenvalue weighted by Crippen LogP contribution is -1.88. The Morgan fingerprint density at radius 2 is 1.35 bits per heavy atom. The Kier molecular flexibility index (Phi) is 3.19. The highest BCUT2D eigenvalue weighted by molar-refractivity contribution is 5.88. The lowest BCUT2D eigenvalue weighted by molar-refractivity contribution is 0.412. The number of hydrogen-bond donors (Lipinski definition) is 0. The van der Waals surface area contributed by atoms with Crippen molar-refractivity contribution in [3.05, 3.63) is 65.7 Å². The van der Waals surface area contributed by atoms with Crippen molar-refractivity contribution in [1.29, 1.82) is 0 Å². The molecule has 0 aliphatic heterocycles. The van der Waals surface area contributed by atoms with Crippen LogP contribution in [-0.4, -0.2) is 7.11 Å². The summed E-state index contributed by atoms with van der Waals surface area (Å²) in [5.41, 5.74) is 4.93. The molecule has 0 aliphatic carbocycles. The van der Waals surface area contributed by atoms with Gasteiger partial charge < -0.3 is 4.74 Å². The summed E-state index contributed by atoms with van der Waals surface area (Å²) in [7, 11) is 1.71. The molecule has 0 fully saturated rings. The molecule has 20 heavy (non-hydrogen) atoms. The van der Waals surface area contributed by atoms with E-state index in [4.69, 9.17) is 4.74 Å². The normalized spacial score (nSPS) is 10.8. The molecule has 0 radical (unpaired) electrons. The Hall–Kier alpha value is -2.28. The number of hydrogen-bond acceptors (Lipinski definition) is 1. The van der Waals surface area contributed by atoms with E-state index in [2.05, 4.69) is 62.4 Å². The average molecular weight is 262 g/mol. The summed E-state index contributed by atoms with van der Waals surface area (Å²) in [4.78, 5) is 0. The van der Waals surface area contributed by atoms with Gasteiger partial charge in [0.05, 0.1) is 7.11 Å². The molecule has 0 amide bonds. The van der Waals surface area contributed by atoms with Crippen LogP contribution in [0.1, 0.15) is 11.1 Å². The number of benzene rings is 3. The predicted molar refractivity (Wildman–Crippen MR) is 85.4 cm³/mol. The van der Waals surface area contributed by atoms with E-state index in [1.165, 1.54) is 27.5 Å². The van der Waals surface area contributed by atoms with Crippen molar-refractivity contribution in [2.75, 3.05) is 7.11 Å². The fourth-order valence-electron chi connectivity index (χ4n) is 2.60. The zero-order valence-corrected chi connectivity index (χ0v) is 12.1. The van der Waals surface area contributed by atoms with Crippen molar-refractivity contribution in [2.45, 2.75) is 13.8 Å². The van der Waals surface area contributed by atoms with E-state index in [1.54, 1.807) is 7.11 Å². The average Bonchev–Trinajstić information content (AvgIpc) is 2.46. The first-order valence-corrected chi connectivity index (χ1v) is 6.83. The number of ether oxygens (including phenoxy) is 1. The molecule has 0 unspecified atom stereocenters. The van der Waals surface area contributed by atoms with E-state index in [0.29, 0.717) is 0 Å². The summed E-state index contributed by atoms with van der Waals surface area (Å²) >= 11 is 0. The van der Waals surface area contributed by atoms with Crippen molar-refractivity contribution >= 4 is 10.8 Å². The number of methoxy groups -OCH3 is 1. The highest BCUT2D eigenvalue weighted by Crippen LogP contribution is 2.28. The largest absolute Gasteiger partial charge is 0.496 e. The van der Waals surface area contributed by atoms with Crippen molar-refractivity contribution in [3.8, 4) is 16.9 Å². The van der Waals surface area contributed by atoms with E-state index in [1.807, 2.05) is 6.07 Å². The summed E-state index contributed by atoms with van der Waals surface area (Å²) in [6, 6.07) is 19.5. The van der Waals surface area contributed by atoms with Gasteiger partial charge in [0.2, 0.25) is 0 Å². The predicted octanol–water partition coefficient (Wildman–Crippen LogP) is 5.13. The van der Waals surface area contributed by atoms with Crippen LogP contribution in [0.25, 0.3) is 21.9 Å². The Balaban J connectivity index is 2.10. The first-order valence-electron chi connectivity index (χ1n) is 6.83. The highest BCUT2D eigenvalue weighted by atomic mass is 16.5. The van der Waals surface area contributed by atoms with E-state index >= 15 is 0 Å². The van der Waals surface area contributed by atoms with Crippen molar-refractivity contribution in [3.63, 3.8) is 0 Å². The van der Waals surface area contributed by atoms with Gasteiger partial charge in [0.1, 0.15) is 5.75 Å². The van der Waals surface area contributed by atoms with Gasteiger partial charge in [-0.05, 0) is 59.5 Å². The lowest BCUT2D eigenvalue weighted by atomic mass is 9.99. The van der Waals surface area contributed by atoms with Crippen LogP contribution < -0.4 is 4.74 Å². The molecule has 0 heterocycles. The van der Waals surface area contributed by atoms with E-state index in [0.717, 1.165) is 11.3 Å². The molecule has 3 rings (SSSR count). The Bertz CT molecular complexity index is 772. The van der Waals surface area contributed by atoms with Gasteiger partial charge in [-0.3, -0.25) is 0 Å². The third kappa shape index (κ3) is 2.27. The van der Waals surface area contributed by atoms with Gasteiger partial charge >= 0.3 is 0 Å². The lowest BCUT2D eigenvalue weighted by Gasteiger charge is -2.09. The van der Waals surface area contributed by atoms with Gasteiger partial charge in [-0.1, -0.05) is 42.0 Å². The molecular formula is C19H18O. The van der Waals surface area contributed by atoms with Crippen molar-refractivity contribution in [1.82, 2.24) is 0 Å². The summed E-state index contributed by atoms with van der Waals surface area (Å²) in [5.74, 6) is 0.935. The molecule has 3 aromatic carbocycles. The van der Waals surface area contributed by atoms with Crippen LogP contribution in [0.3, 0.4) is 0 Å². The topological polar surface area (TPSA) is 9.23 Å². The molecule has 0 spiro atoms. The van der Waals surface area contributed by atoms with Crippen molar-refractivity contribution in [2.24, 2.45) is 0 Å². The molecule has 0 atom stereocenters. The summed E-state index contributed by atoms with van der Waals surface area (Å²) < 4.78 is 5.32. The zero-order chi connectivity index (χ0) is 14.1. The highest BCUT2D eigenvalue weighted by Gasteiger charge is 2.03. The third-order valence-electron chi connectivity index (χ3n) is 3.72. The molecule has 0 saturated heterocycles. The fourth-order valence-corrected chi connectivity index (χ4v) is 2.60. The van der Waals surface area contributed by atoms with Gasteiger partial charge in [0.25, 0.3) is 0 Å². The van der Waals surface area contributed by atoms with Gasteiger partial charge in [-0.25, -0.2) is 0 Å². The molecule has 0 aliphatic rings. The third-order valence-corrected chi connectivity index (χ3v) is 3.72. The van der Waals surface area contributed by atoms with Crippen LogP contribution >= 0.6 is 0 Å². The van der Waals surface area contributed by atoms with Gasteiger partial charge in [0, 0.05) is 0 Å². The minimum atomic E-state index is 0.935. The van der Waals surface area contributed by atoms with E-state index in [-0.39, 0.29) is 0 Å². The fraction of sp³-hybridized carbons (Fsp3) is 0.158. The van der Waals surface area contributed by atoms with Crippen LogP contribution in [0.15, 0.2) is 54.6 Å². The molecule has 0 aromatic heterocycles. The Morgan fingerprint density at radius 3 is 2.10 bits per heavy atom. The summed E-state index contributed by atoms with van der Waals surface area (Å²) in [6.07, 6.45) is 0. The maximum Gasteiger partial charge on any atom is 0.121 e. The minimum Gasteiger partial charge on any atom is -0.496 e. The van der Waals surface area contributed by atoms with E-state index in [9.17, 15) is 0 Å². The molecule has 3 aromatic rings. The second-order valence-electron chi connectivity index (χ2n) is 5.25. The van der Waals surface area contributed by atoms with Crippen LogP contribution in [-0.2, 0) is 0 Å². The molecule has 0 bridgehead atoms. The number of fused-ring (bicyclic) bond motifs is 1. The Labute approximate surface area is 119 Å². The maximum absolute atomic E-state index is 5.32. The zero-order valence-electron chi connectivity index (χ0n) is 12.1. The monoisotopic (exact) mass is 262 g/mol. The number of rotatable bonds is 2. The quantitative estimate of drug-likeness (QED) is 0.622. The second kappa shape index (κ2) is 5.01. The summed E-state index contributed by atoms with van der Waals surface area (Å²) in [6.45, 7) is 4.20. The SMILES string of the molecule is COc1ccc(-c2ccc3cc(C)ccc3c2)cc1C. The van der Waals surface area contributed by atoms with Crippen molar-refractivity contribution < 1.29 is 4.74 Å². The molecule has 0 N–H and O–H groups in total. The maximum atomic E-state index is 5.32. The smallest absolute Gasteiger partial charge is 0.121 e. The molecule has 0 saturated carbocycles. The summed E-state index contributed by atoms with van der Waals surface area (Å²) in [5, 5.41) is 2.57. The molecule has 1 nitrogen and oxygen atoms in total. The van der Waals surface area contributed by atoms with Crippen LogP contribution in [0.5, 0.6) is 5.75 Å². The van der Waals surface area contributed by atoms with Gasteiger partial charge in [-0.2, -0.15) is 0 Å². The second-order valence-corrected chi connectivity index (χ2v) is 5.25. The molecule has 1 heteroatoms. The van der Waals surface area contributed by atoms with Crippen LogP contribution in [0.2, 0.25) is 0 Å². The van der Waals surface area contributed by atoms with Gasteiger partial charge in [0.15, 0.2) is 0 Å². The standard InChI is InChI=1S/C19H18O/c1-13-4-5-17-12-18(7-6-15(17)10-13)16-8-9-19(20-3)14(2)11-16/h4-12H,1-3H3. The molecular weight excluding hydrogens is 244 g/mol. The first kappa shape index (κ1) is 12.7. The van der Waals surface area contributed by atoms with E-state index < -0.39 is 0 Å².